The Labute approximate surface area is 138 Å². The van der Waals surface area contributed by atoms with Crippen LogP contribution in [0, 0.1) is 6.92 Å². The first kappa shape index (κ1) is 15.9. The Bertz CT molecular complexity index is 616. The molecule has 1 atom stereocenters. The highest BCUT2D eigenvalue weighted by molar-refractivity contribution is 5.38. The lowest BCUT2D eigenvalue weighted by Gasteiger charge is -2.27. The fourth-order valence-corrected chi connectivity index (χ4v) is 3.24. The van der Waals surface area contributed by atoms with Crippen molar-refractivity contribution in [2.45, 2.75) is 38.8 Å². The van der Waals surface area contributed by atoms with E-state index in [0.717, 1.165) is 43.3 Å². The van der Waals surface area contributed by atoms with E-state index in [1.165, 1.54) is 12.8 Å². The smallest absolute Gasteiger partial charge is 0.132 e. The van der Waals surface area contributed by atoms with Crippen LogP contribution in [0.4, 0.5) is 5.82 Å². The summed E-state index contributed by atoms with van der Waals surface area (Å²) in [6.45, 7) is 5.06. The third-order valence-electron chi connectivity index (χ3n) is 4.57. The van der Waals surface area contributed by atoms with E-state index < -0.39 is 0 Å². The zero-order valence-electron chi connectivity index (χ0n) is 14.0. The predicted molar refractivity (Wildman–Crippen MR) is 92.3 cm³/mol. The molecule has 3 heterocycles. The van der Waals surface area contributed by atoms with Crippen LogP contribution in [-0.4, -0.2) is 46.0 Å². The highest BCUT2D eigenvalue weighted by Gasteiger charge is 2.21. The normalized spacial score (nSPS) is 18.9. The van der Waals surface area contributed by atoms with E-state index >= 15 is 0 Å². The van der Waals surface area contributed by atoms with E-state index in [4.69, 9.17) is 0 Å². The number of nitrogens with zero attached hydrogens (tertiary/aromatic N) is 5. The van der Waals surface area contributed by atoms with Gasteiger partial charge in [0.25, 0.3) is 0 Å². The molecule has 0 spiro atoms. The van der Waals surface area contributed by atoms with Crippen LogP contribution in [0.15, 0.2) is 36.8 Å². The maximum absolute atomic E-state index is 4.44. The molecule has 1 saturated heterocycles. The molecule has 1 fully saturated rings. The predicted octanol–water partition coefficient (Wildman–Crippen LogP) is 2.67. The lowest BCUT2D eigenvalue weighted by atomic mass is 10.1. The van der Waals surface area contributed by atoms with Crippen molar-refractivity contribution in [2.24, 2.45) is 0 Å². The molecule has 2 aromatic rings. The van der Waals surface area contributed by atoms with Gasteiger partial charge in [-0.2, -0.15) is 0 Å². The number of hydrogen-bond donors (Lipinski definition) is 0. The molecule has 1 aliphatic heterocycles. The molecule has 23 heavy (non-hydrogen) atoms. The van der Waals surface area contributed by atoms with E-state index in [2.05, 4.69) is 50.0 Å². The minimum absolute atomic E-state index is 0.602. The van der Waals surface area contributed by atoms with Crippen molar-refractivity contribution in [3.63, 3.8) is 0 Å². The van der Waals surface area contributed by atoms with Crippen molar-refractivity contribution < 1.29 is 0 Å². The molecule has 3 rings (SSSR count). The summed E-state index contributed by atoms with van der Waals surface area (Å²) in [7, 11) is 2.21. The molecule has 0 N–H and O–H groups in total. The first-order valence-corrected chi connectivity index (χ1v) is 8.36. The van der Waals surface area contributed by atoms with E-state index in [-0.39, 0.29) is 0 Å². The molecular weight excluding hydrogens is 286 g/mol. The second kappa shape index (κ2) is 7.51. The minimum Gasteiger partial charge on any atom is -0.356 e. The molecule has 5 nitrogen and oxygen atoms in total. The molecule has 0 bridgehead atoms. The number of rotatable bonds is 4. The molecule has 2 aromatic heterocycles. The standard InChI is InChI=1S/C18H25N5/c1-15-12-18(21-14-20-15)23-10-5-7-17(8-11-23)22(2)13-16-6-3-4-9-19-16/h3-4,6,9,12,14,17H,5,7-8,10-11,13H2,1-2H3. The number of aryl methyl sites for hydroxylation is 1. The van der Waals surface area contributed by atoms with Gasteiger partial charge >= 0.3 is 0 Å². The summed E-state index contributed by atoms with van der Waals surface area (Å²) in [5, 5.41) is 0. The molecule has 0 amide bonds. The van der Waals surface area contributed by atoms with Crippen molar-refractivity contribution >= 4 is 5.82 Å². The molecule has 122 valence electrons. The second-order valence-corrected chi connectivity index (χ2v) is 6.33. The summed E-state index contributed by atoms with van der Waals surface area (Å²) in [6.07, 6.45) is 7.12. The van der Waals surface area contributed by atoms with Gasteiger partial charge in [0, 0.05) is 43.6 Å². The Kier molecular flexibility index (Phi) is 5.18. The van der Waals surface area contributed by atoms with E-state index in [9.17, 15) is 0 Å². The highest BCUT2D eigenvalue weighted by Crippen LogP contribution is 2.21. The monoisotopic (exact) mass is 311 g/mol. The Hall–Kier alpha value is -2.01. The zero-order valence-corrected chi connectivity index (χ0v) is 14.0. The van der Waals surface area contributed by atoms with Crippen LogP contribution in [0.5, 0.6) is 0 Å². The Balaban J connectivity index is 1.60. The lowest BCUT2D eigenvalue weighted by Crippen LogP contribution is -2.33. The van der Waals surface area contributed by atoms with Crippen LogP contribution in [-0.2, 0) is 6.54 Å². The van der Waals surface area contributed by atoms with Crippen LogP contribution in [0.25, 0.3) is 0 Å². The summed E-state index contributed by atoms with van der Waals surface area (Å²) in [4.78, 5) is 17.9. The fourth-order valence-electron chi connectivity index (χ4n) is 3.24. The van der Waals surface area contributed by atoms with Gasteiger partial charge in [-0.3, -0.25) is 9.88 Å². The van der Waals surface area contributed by atoms with Gasteiger partial charge in [-0.15, -0.1) is 0 Å². The van der Waals surface area contributed by atoms with Gasteiger partial charge in [-0.1, -0.05) is 6.07 Å². The van der Waals surface area contributed by atoms with Gasteiger partial charge in [0.15, 0.2) is 0 Å². The first-order chi connectivity index (χ1) is 11.2. The van der Waals surface area contributed by atoms with Crippen molar-refractivity contribution in [1.29, 1.82) is 0 Å². The van der Waals surface area contributed by atoms with Crippen molar-refractivity contribution in [3.8, 4) is 0 Å². The third-order valence-corrected chi connectivity index (χ3v) is 4.57. The molecule has 5 heteroatoms. The van der Waals surface area contributed by atoms with E-state index in [1.54, 1.807) is 6.33 Å². The maximum Gasteiger partial charge on any atom is 0.132 e. The van der Waals surface area contributed by atoms with Gasteiger partial charge in [0.05, 0.1) is 5.69 Å². The van der Waals surface area contributed by atoms with E-state index in [1.807, 2.05) is 19.2 Å². The first-order valence-electron chi connectivity index (χ1n) is 8.36. The summed E-state index contributed by atoms with van der Waals surface area (Å²) in [6, 6.07) is 8.81. The third kappa shape index (κ3) is 4.26. The Morgan fingerprint density at radius 1 is 1.17 bits per heavy atom. The summed E-state index contributed by atoms with van der Waals surface area (Å²) < 4.78 is 0. The van der Waals surface area contributed by atoms with Gasteiger partial charge < -0.3 is 4.90 Å². The van der Waals surface area contributed by atoms with Crippen LogP contribution in [0.2, 0.25) is 0 Å². The molecule has 0 aliphatic carbocycles. The fraction of sp³-hybridized carbons (Fsp3) is 0.500. The quantitative estimate of drug-likeness (QED) is 0.868. The molecule has 0 aromatic carbocycles. The van der Waals surface area contributed by atoms with Crippen LogP contribution in [0.1, 0.15) is 30.7 Å². The van der Waals surface area contributed by atoms with E-state index in [0.29, 0.717) is 6.04 Å². The number of aromatic nitrogens is 3. The minimum atomic E-state index is 0.602. The van der Waals surface area contributed by atoms with Crippen molar-refractivity contribution in [1.82, 2.24) is 19.9 Å². The lowest BCUT2D eigenvalue weighted by molar-refractivity contribution is 0.215. The molecule has 0 radical (unpaired) electrons. The van der Waals surface area contributed by atoms with Gasteiger partial charge in [-0.05, 0) is 45.4 Å². The molecule has 1 aliphatic rings. The number of pyridine rings is 1. The second-order valence-electron chi connectivity index (χ2n) is 6.33. The average molecular weight is 311 g/mol. The molecule has 1 unspecified atom stereocenters. The Morgan fingerprint density at radius 2 is 2.09 bits per heavy atom. The number of hydrogen-bond acceptors (Lipinski definition) is 5. The zero-order chi connectivity index (χ0) is 16.1. The van der Waals surface area contributed by atoms with Crippen LogP contribution in [0.3, 0.4) is 0 Å². The highest BCUT2D eigenvalue weighted by atomic mass is 15.2. The average Bonchev–Trinajstić information content (AvgIpc) is 2.82. The van der Waals surface area contributed by atoms with Crippen LogP contribution < -0.4 is 4.90 Å². The SMILES string of the molecule is Cc1cc(N2CCCC(N(C)Cc3ccccn3)CC2)ncn1. The number of anilines is 1. The topological polar surface area (TPSA) is 45.2 Å². The van der Waals surface area contributed by atoms with Crippen molar-refractivity contribution in [3.05, 3.63) is 48.2 Å². The summed E-state index contributed by atoms with van der Waals surface area (Å²) >= 11 is 0. The largest absolute Gasteiger partial charge is 0.356 e. The van der Waals surface area contributed by atoms with Crippen molar-refractivity contribution in [2.75, 3.05) is 25.0 Å². The summed E-state index contributed by atoms with van der Waals surface area (Å²) in [5.74, 6) is 1.06. The van der Waals surface area contributed by atoms with Gasteiger partial charge in [0.2, 0.25) is 0 Å². The molecular formula is C18H25N5. The Morgan fingerprint density at radius 3 is 2.87 bits per heavy atom. The maximum atomic E-state index is 4.44. The van der Waals surface area contributed by atoms with Crippen LogP contribution >= 0.6 is 0 Å². The molecule has 0 saturated carbocycles. The van der Waals surface area contributed by atoms with Gasteiger partial charge in [0.1, 0.15) is 12.1 Å². The summed E-state index contributed by atoms with van der Waals surface area (Å²) in [5.41, 5.74) is 2.17. The van der Waals surface area contributed by atoms with Gasteiger partial charge in [-0.25, -0.2) is 9.97 Å².